The fraction of sp³-hybridized carbons (Fsp3) is 0. The fourth-order valence-electron chi connectivity index (χ4n) is 1.16. The molecule has 0 saturated heterocycles. The van der Waals surface area contributed by atoms with Crippen LogP contribution in [-0.2, 0) is 0 Å². The minimum atomic E-state index is 0.00125. The van der Waals surface area contributed by atoms with E-state index < -0.39 is 0 Å². The summed E-state index contributed by atoms with van der Waals surface area (Å²) in [4.78, 5) is 16.5. The molecule has 80 valence electrons. The summed E-state index contributed by atoms with van der Waals surface area (Å²) >= 11 is 4.74. The summed E-state index contributed by atoms with van der Waals surface area (Å²) in [6, 6.07) is 7.40. The van der Waals surface area contributed by atoms with Gasteiger partial charge in [-0.2, -0.15) is 0 Å². The van der Waals surface area contributed by atoms with Gasteiger partial charge in [-0.25, -0.2) is 0 Å². The molecule has 2 heterocycles. The number of nitrogens with zero attached hydrogens (tertiary/aromatic N) is 1. The van der Waals surface area contributed by atoms with Crippen LogP contribution in [0.3, 0.4) is 0 Å². The van der Waals surface area contributed by atoms with Gasteiger partial charge in [0.1, 0.15) is 0 Å². The molecule has 0 aliphatic heterocycles. The molecule has 0 bridgehead atoms. The predicted octanol–water partition coefficient (Wildman–Crippen LogP) is 3.80. The summed E-state index contributed by atoms with van der Waals surface area (Å²) in [5, 5.41) is 1.89. The van der Waals surface area contributed by atoms with Crippen molar-refractivity contribution in [3.05, 3.63) is 57.0 Å². The molecule has 2 aromatic heterocycles. The molecule has 2 aromatic rings. The Hall–Kier alpha value is -1.26. The lowest BCUT2D eigenvalue weighted by Crippen LogP contribution is -1.89. The van der Waals surface area contributed by atoms with Crippen LogP contribution in [-0.4, -0.2) is 10.8 Å². The Kier molecular flexibility index (Phi) is 3.64. The molecule has 0 amide bonds. The maximum absolute atomic E-state index is 11.7. The van der Waals surface area contributed by atoms with Crippen molar-refractivity contribution in [3.8, 4) is 0 Å². The predicted molar refractivity (Wildman–Crippen MR) is 69.6 cm³/mol. The number of allylic oxidation sites excluding steroid dienone is 1. The summed E-state index contributed by atoms with van der Waals surface area (Å²) in [5.41, 5.74) is 0.784. The van der Waals surface area contributed by atoms with E-state index in [1.54, 1.807) is 18.3 Å². The summed E-state index contributed by atoms with van der Waals surface area (Å²) < 4.78 is 0.937. The van der Waals surface area contributed by atoms with E-state index in [2.05, 4.69) is 20.9 Å². The molecule has 0 unspecified atom stereocenters. The standard InChI is InChI=1S/C12H8BrNOS/c13-9-7-12(16-8-9)11(15)5-4-10-3-1-2-6-14-10/h1-8H/b5-4+. The van der Waals surface area contributed by atoms with Gasteiger partial charge in [0.25, 0.3) is 0 Å². The summed E-state index contributed by atoms with van der Waals surface area (Å²) in [6.45, 7) is 0. The molecule has 0 aliphatic rings. The third-order valence-corrected chi connectivity index (χ3v) is 3.61. The molecule has 0 aliphatic carbocycles. The summed E-state index contributed by atoms with van der Waals surface area (Å²) in [7, 11) is 0. The highest BCUT2D eigenvalue weighted by Crippen LogP contribution is 2.20. The molecule has 0 radical (unpaired) electrons. The number of ketones is 1. The first-order valence-electron chi connectivity index (χ1n) is 4.63. The number of carbonyl (C=O) groups excluding carboxylic acids is 1. The number of halogens is 1. The van der Waals surface area contributed by atoms with Crippen LogP contribution in [0.1, 0.15) is 15.4 Å². The highest BCUT2D eigenvalue weighted by molar-refractivity contribution is 9.10. The van der Waals surface area contributed by atoms with Crippen molar-refractivity contribution in [1.29, 1.82) is 0 Å². The van der Waals surface area contributed by atoms with Gasteiger partial charge in [0.05, 0.1) is 10.6 Å². The summed E-state index contributed by atoms with van der Waals surface area (Å²) in [6.07, 6.45) is 4.96. The number of thiophene rings is 1. The van der Waals surface area contributed by atoms with Gasteiger partial charge in [0.15, 0.2) is 5.78 Å². The van der Waals surface area contributed by atoms with Crippen molar-refractivity contribution < 1.29 is 4.79 Å². The van der Waals surface area contributed by atoms with E-state index in [0.717, 1.165) is 15.0 Å². The SMILES string of the molecule is O=C(/C=C/c1ccccn1)c1cc(Br)cs1. The number of hydrogen-bond donors (Lipinski definition) is 0. The second-order valence-electron chi connectivity index (χ2n) is 3.08. The van der Waals surface area contributed by atoms with Gasteiger partial charge in [-0.15, -0.1) is 11.3 Å². The van der Waals surface area contributed by atoms with Crippen LogP contribution < -0.4 is 0 Å². The Morgan fingerprint density at radius 1 is 1.44 bits per heavy atom. The van der Waals surface area contributed by atoms with E-state index in [9.17, 15) is 4.79 Å². The van der Waals surface area contributed by atoms with Crippen LogP contribution in [0.15, 0.2) is 46.4 Å². The maximum atomic E-state index is 11.7. The lowest BCUT2D eigenvalue weighted by Gasteiger charge is -1.90. The monoisotopic (exact) mass is 293 g/mol. The molecule has 4 heteroatoms. The van der Waals surface area contributed by atoms with Gasteiger partial charge in [-0.05, 0) is 46.3 Å². The average molecular weight is 294 g/mol. The molecule has 2 rings (SSSR count). The van der Waals surface area contributed by atoms with Crippen LogP contribution in [0.5, 0.6) is 0 Å². The van der Waals surface area contributed by atoms with Crippen LogP contribution in [0, 0.1) is 0 Å². The van der Waals surface area contributed by atoms with E-state index in [-0.39, 0.29) is 5.78 Å². The fourth-order valence-corrected chi connectivity index (χ4v) is 2.51. The zero-order valence-electron chi connectivity index (χ0n) is 8.26. The second kappa shape index (κ2) is 5.18. The molecule has 0 saturated carbocycles. The van der Waals surface area contributed by atoms with Crippen molar-refractivity contribution in [1.82, 2.24) is 4.98 Å². The topological polar surface area (TPSA) is 30.0 Å². The van der Waals surface area contributed by atoms with Crippen molar-refractivity contribution in [2.24, 2.45) is 0 Å². The molecule has 0 spiro atoms. The third kappa shape index (κ3) is 2.87. The molecular formula is C12H8BrNOS. The lowest BCUT2D eigenvalue weighted by atomic mass is 10.2. The quantitative estimate of drug-likeness (QED) is 0.636. The van der Waals surface area contributed by atoms with Crippen LogP contribution in [0.4, 0.5) is 0 Å². The number of pyridine rings is 1. The zero-order valence-corrected chi connectivity index (χ0v) is 10.7. The molecule has 16 heavy (non-hydrogen) atoms. The molecular weight excluding hydrogens is 286 g/mol. The minimum Gasteiger partial charge on any atom is -0.288 e. The third-order valence-electron chi connectivity index (χ3n) is 1.90. The van der Waals surface area contributed by atoms with Crippen molar-refractivity contribution in [2.45, 2.75) is 0 Å². The molecule has 2 nitrogen and oxygen atoms in total. The van der Waals surface area contributed by atoms with E-state index in [1.165, 1.54) is 11.3 Å². The Morgan fingerprint density at radius 3 is 2.94 bits per heavy atom. The van der Waals surface area contributed by atoms with Crippen molar-refractivity contribution >= 4 is 39.1 Å². The highest BCUT2D eigenvalue weighted by Gasteiger charge is 2.04. The zero-order chi connectivity index (χ0) is 11.4. The Morgan fingerprint density at radius 2 is 2.31 bits per heavy atom. The molecule has 0 atom stereocenters. The van der Waals surface area contributed by atoms with Crippen molar-refractivity contribution in [3.63, 3.8) is 0 Å². The number of carbonyl (C=O) groups is 1. The van der Waals surface area contributed by atoms with Gasteiger partial charge >= 0.3 is 0 Å². The van der Waals surface area contributed by atoms with Crippen LogP contribution in [0.2, 0.25) is 0 Å². The van der Waals surface area contributed by atoms with Gasteiger partial charge in [0, 0.05) is 16.0 Å². The molecule has 0 aromatic carbocycles. The number of aromatic nitrogens is 1. The van der Waals surface area contributed by atoms with Crippen molar-refractivity contribution in [2.75, 3.05) is 0 Å². The molecule has 0 N–H and O–H groups in total. The van der Waals surface area contributed by atoms with E-state index >= 15 is 0 Å². The highest BCUT2D eigenvalue weighted by atomic mass is 79.9. The minimum absolute atomic E-state index is 0.00125. The van der Waals surface area contributed by atoms with Gasteiger partial charge in [-0.3, -0.25) is 9.78 Å². The van der Waals surface area contributed by atoms with Crippen LogP contribution >= 0.6 is 27.3 Å². The average Bonchev–Trinajstić information content (AvgIpc) is 2.74. The second-order valence-corrected chi connectivity index (χ2v) is 4.91. The van der Waals surface area contributed by atoms with Gasteiger partial charge in [0.2, 0.25) is 0 Å². The Bertz CT molecular complexity index is 519. The number of rotatable bonds is 3. The van der Waals surface area contributed by atoms with E-state index in [0.29, 0.717) is 0 Å². The smallest absolute Gasteiger partial charge is 0.195 e. The van der Waals surface area contributed by atoms with E-state index in [4.69, 9.17) is 0 Å². The first-order valence-corrected chi connectivity index (χ1v) is 6.30. The number of hydrogen-bond acceptors (Lipinski definition) is 3. The normalized spacial score (nSPS) is 10.8. The molecule has 0 fully saturated rings. The first kappa shape index (κ1) is 11.2. The Balaban J connectivity index is 2.11. The first-order chi connectivity index (χ1) is 7.75. The Labute approximate surface area is 106 Å². The van der Waals surface area contributed by atoms with Gasteiger partial charge in [-0.1, -0.05) is 6.07 Å². The largest absolute Gasteiger partial charge is 0.288 e. The maximum Gasteiger partial charge on any atom is 0.195 e. The van der Waals surface area contributed by atoms with E-state index in [1.807, 2.05) is 29.6 Å². The lowest BCUT2D eigenvalue weighted by molar-refractivity contribution is 0.105. The summed E-state index contributed by atoms with van der Waals surface area (Å²) in [5.74, 6) is 0.00125. The van der Waals surface area contributed by atoms with Crippen LogP contribution in [0.25, 0.3) is 6.08 Å². The van der Waals surface area contributed by atoms with Gasteiger partial charge < -0.3 is 0 Å².